The zero-order valence-electron chi connectivity index (χ0n) is 13.4. The molecule has 0 aliphatic heterocycles. The topological polar surface area (TPSA) is 88.5 Å². The van der Waals surface area contributed by atoms with Crippen LogP contribution in [0.3, 0.4) is 0 Å². The van der Waals surface area contributed by atoms with Crippen LogP contribution in [-0.4, -0.2) is 30.6 Å². The smallest absolute Gasteiger partial charge is 0.229 e. The second kappa shape index (κ2) is 6.03. The summed E-state index contributed by atoms with van der Waals surface area (Å²) in [6.45, 7) is 0. The van der Waals surface area contributed by atoms with Crippen molar-refractivity contribution in [2.45, 2.75) is 12.8 Å². The number of halogens is 1. The minimum Gasteiger partial charge on any atom is -0.302 e. The molecule has 3 heterocycles. The molecule has 130 valence electrons. The molecule has 7 nitrogen and oxygen atoms in total. The Bertz CT molecular complexity index is 1130. The third kappa shape index (κ3) is 2.63. The average molecular weight is 429 g/mol. The van der Waals surface area contributed by atoms with Gasteiger partial charge in [-0.25, -0.2) is 9.97 Å². The van der Waals surface area contributed by atoms with Crippen LogP contribution in [0.5, 0.6) is 0 Å². The van der Waals surface area contributed by atoms with Crippen molar-refractivity contribution in [2.24, 2.45) is 5.92 Å². The third-order valence-electron chi connectivity index (χ3n) is 4.29. The number of nitrogens with one attached hydrogen (secondary N) is 2. The Labute approximate surface area is 160 Å². The van der Waals surface area contributed by atoms with Gasteiger partial charge in [0.05, 0.1) is 11.9 Å². The van der Waals surface area contributed by atoms with Crippen molar-refractivity contribution in [3.63, 3.8) is 0 Å². The van der Waals surface area contributed by atoms with Gasteiger partial charge in [0.25, 0.3) is 0 Å². The molecule has 0 atom stereocenters. The van der Waals surface area contributed by atoms with Crippen LogP contribution in [0.2, 0.25) is 0 Å². The number of anilines is 1. The molecular weight excluding hydrogens is 416 g/mol. The Morgan fingerprint density at radius 1 is 1.35 bits per heavy atom. The predicted octanol–water partition coefficient (Wildman–Crippen LogP) is 3.98. The SMILES string of the molecule is O=C(Nc1nc2[nH]nc(-n3cncc3-c3ccccc3Br)c2s1)C1CC1. The Balaban J connectivity index is 1.56. The number of imidazole rings is 1. The van der Waals surface area contributed by atoms with Crippen molar-refractivity contribution in [1.29, 1.82) is 0 Å². The summed E-state index contributed by atoms with van der Waals surface area (Å²) in [7, 11) is 0. The lowest BCUT2D eigenvalue weighted by molar-refractivity contribution is -0.117. The highest BCUT2D eigenvalue weighted by atomic mass is 79.9. The van der Waals surface area contributed by atoms with Crippen LogP contribution in [0.1, 0.15) is 12.8 Å². The lowest BCUT2D eigenvalue weighted by Crippen LogP contribution is -2.12. The molecule has 3 aromatic heterocycles. The molecule has 0 unspecified atom stereocenters. The number of aromatic amines is 1. The first-order valence-corrected chi connectivity index (χ1v) is 9.75. The van der Waals surface area contributed by atoms with E-state index >= 15 is 0 Å². The summed E-state index contributed by atoms with van der Waals surface area (Å²) in [4.78, 5) is 20.7. The van der Waals surface area contributed by atoms with E-state index in [2.05, 4.69) is 41.4 Å². The normalized spacial score (nSPS) is 14.0. The highest BCUT2D eigenvalue weighted by Crippen LogP contribution is 2.35. The van der Waals surface area contributed by atoms with Crippen LogP contribution in [0, 0.1) is 5.92 Å². The second-order valence-electron chi connectivity index (χ2n) is 6.14. The van der Waals surface area contributed by atoms with Gasteiger partial charge in [-0.3, -0.25) is 14.5 Å². The highest BCUT2D eigenvalue weighted by Gasteiger charge is 2.30. The summed E-state index contributed by atoms with van der Waals surface area (Å²) >= 11 is 5.00. The number of rotatable bonds is 4. The molecule has 1 aliphatic rings. The zero-order chi connectivity index (χ0) is 17.7. The lowest BCUT2D eigenvalue weighted by Gasteiger charge is -2.07. The largest absolute Gasteiger partial charge is 0.302 e. The summed E-state index contributed by atoms with van der Waals surface area (Å²) in [6.07, 6.45) is 5.46. The molecule has 1 aliphatic carbocycles. The fraction of sp³-hybridized carbons (Fsp3) is 0.176. The number of hydrogen-bond donors (Lipinski definition) is 2. The molecule has 26 heavy (non-hydrogen) atoms. The van der Waals surface area contributed by atoms with Gasteiger partial charge in [0, 0.05) is 16.0 Å². The fourth-order valence-corrected chi connectivity index (χ4v) is 4.20. The van der Waals surface area contributed by atoms with Crippen molar-refractivity contribution in [2.75, 3.05) is 5.32 Å². The second-order valence-corrected chi connectivity index (χ2v) is 7.99. The number of hydrogen-bond acceptors (Lipinski definition) is 5. The van der Waals surface area contributed by atoms with Crippen LogP contribution in [0.15, 0.2) is 41.3 Å². The Hall–Kier alpha value is -2.52. The molecule has 2 N–H and O–H groups in total. The number of H-pyrrole nitrogens is 1. The first-order valence-electron chi connectivity index (χ1n) is 8.14. The monoisotopic (exact) mass is 428 g/mol. The molecule has 4 aromatic rings. The molecular formula is C17H13BrN6OS. The van der Waals surface area contributed by atoms with Crippen molar-refractivity contribution in [3.05, 3.63) is 41.3 Å². The summed E-state index contributed by atoms with van der Waals surface area (Å²) in [5, 5.41) is 10.8. The van der Waals surface area contributed by atoms with Gasteiger partial charge in [-0.2, -0.15) is 5.10 Å². The Kier molecular flexibility index (Phi) is 3.64. The number of nitrogens with zero attached hydrogens (tertiary/aromatic N) is 4. The van der Waals surface area contributed by atoms with E-state index in [1.165, 1.54) is 11.3 Å². The van der Waals surface area contributed by atoms with Gasteiger partial charge in [-0.05, 0) is 18.9 Å². The van der Waals surface area contributed by atoms with Gasteiger partial charge in [0.2, 0.25) is 5.91 Å². The molecule has 1 amide bonds. The predicted molar refractivity (Wildman–Crippen MR) is 103 cm³/mol. The van der Waals surface area contributed by atoms with E-state index in [-0.39, 0.29) is 11.8 Å². The molecule has 1 aromatic carbocycles. The van der Waals surface area contributed by atoms with E-state index in [1.807, 2.05) is 28.8 Å². The lowest BCUT2D eigenvalue weighted by atomic mass is 10.2. The third-order valence-corrected chi connectivity index (χ3v) is 5.95. The molecule has 5 rings (SSSR count). The van der Waals surface area contributed by atoms with E-state index < -0.39 is 0 Å². The number of carbonyl (C=O) groups excluding carboxylic acids is 1. The van der Waals surface area contributed by atoms with Crippen LogP contribution in [0.25, 0.3) is 27.4 Å². The van der Waals surface area contributed by atoms with E-state index in [9.17, 15) is 4.79 Å². The number of aromatic nitrogens is 5. The zero-order valence-corrected chi connectivity index (χ0v) is 15.8. The van der Waals surface area contributed by atoms with Gasteiger partial charge < -0.3 is 5.32 Å². The average Bonchev–Trinajstić information content (AvgIpc) is 3.06. The standard InChI is InChI=1S/C17H13BrN6OS/c18-11-4-2-1-3-10(11)12-7-19-8-24(12)15-13-14(22-23-15)20-17(26-13)21-16(25)9-5-6-9/h1-4,7-9H,5-6H2,(H2,20,21,22,23,25). The summed E-state index contributed by atoms with van der Waals surface area (Å²) in [6, 6.07) is 7.97. The van der Waals surface area contributed by atoms with Gasteiger partial charge in [0.15, 0.2) is 16.6 Å². The number of carbonyl (C=O) groups is 1. The van der Waals surface area contributed by atoms with Gasteiger partial charge in [-0.15, -0.1) is 0 Å². The van der Waals surface area contributed by atoms with Crippen molar-refractivity contribution >= 4 is 48.7 Å². The number of benzene rings is 1. The number of fused-ring (bicyclic) bond motifs is 1. The quantitative estimate of drug-likeness (QED) is 0.514. The van der Waals surface area contributed by atoms with Gasteiger partial charge in [0.1, 0.15) is 11.0 Å². The fourth-order valence-electron chi connectivity index (χ4n) is 2.81. The molecule has 1 fully saturated rings. The molecule has 0 saturated heterocycles. The van der Waals surface area contributed by atoms with E-state index in [0.717, 1.165) is 33.3 Å². The summed E-state index contributed by atoms with van der Waals surface area (Å²) < 4.78 is 3.78. The summed E-state index contributed by atoms with van der Waals surface area (Å²) in [5.41, 5.74) is 2.60. The van der Waals surface area contributed by atoms with Crippen molar-refractivity contribution in [1.82, 2.24) is 24.7 Å². The molecule has 1 saturated carbocycles. The van der Waals surface area contributed by atoms with Crippen LogP contribution in [0.4, 0.5) is 5.13 Å². The van der Waals surface area contributed by atoms with Gasteiger partial charge >= 0.3 is 0 Å². The molecule has 0 bridgehead atoms. The maximum Gasteiger partial charge on any atom is 0.229 e. The maximum atomic E-state index is 12.0. The first-order chi connectivity index (χ1) is 12.7. The van der Waals surface area contributed by atoms with Gasteiger partial charge in [-0.1, -0.05) is 45.5 Å². The van der Waals surface area contributed by atoms with Crippen LogP contribution >= 0.6 is 27.3 Å². The van der Waals surface area contributed by atoms with Crippen LogP contribution < -0.4 is 5.32 Å². The van der Waals surface area contributed by atoms with E-state index in [1.54, 1.807) is 12.5 Å². The first kappa shape index (κ1) is 15.7. The van der Waals surface area contributed by atoms with E-state index in [0.29, 0.717) is 16.6 Å². The Morgan fingerprint density at radius 2 is 2.19 bits per heavy atom. The highest BCUT2D eigenvalue weighted by molar-refractivity contribution is 9.10. The van der Waals surface area contributed by atoms with Crippen LogP contribution in [-0.2, 0) is 4.79 Å². The van der Waals surface area contributed by atoms with Crippen molar-refractivity contribution in [3.8, 4) is 17.1 Å². The summed E-state index contributed by atoms with van der Waals surface area (Å²) in [5.74, 6) is 0.908. The Morgan fingerprint density at radius 3 is 3.00 bits per heavy atom. The minimum absolute atomic E-state index is 0.0486. The maximum absolute atomic E-state index is 12.0. The molecule has 0 radical (unpaired) electrons. The number of amides is 1. The van der Waals surface area contributed by atoms with E-state index in [4.69, 9.17) is 0 Å². The molecule has 9 heteroatoms. The molecule has 0 spiro atoms. The minimum atomic E-state index is 0.0486. The number of thiazole rings is 1. The van der Waals surface area contributed by atoms with Crippen molar-refractivity contribution < 1.29 is 4.79 Å².